The number of hydrogen-bond donors (Lipinski definition) is 1. The van der Waals surface area contributed by atoms with E-state index < -0.39 is 11.4 Å². The zero-order valence-electron chi connectivity index (χ0n) is 14.0. The average molecular weight is 323 g/mol. The first-order valence-electron chi connectivity index (χ1n) is 8.76. The molecule has 126 valence electrons. The predicted octanol–water partition coefficient (Wildman–Crippen LogP) is 3.74. The maximum absolute atomic E-state index is 12.0. The maximum Gasteiger partial charge on any atom is 0.314 e. The molecule has 1 saturated heterocycles. The number of carboxylic acids is 1. The molecular formula is C21H25NO2. The van der Waals surface area contributed by atoms with Crippen molar-refractivity contribution in [3.8, 4) is 0 Å². The van der Waals surface area contributed by atoms with Crippen LogP contribution in [0.5, 0.6) is 0 Å². The monoisotopic (exact) mass is 323 g/mol. The standard InChI is InChI=1S/C21H25NO2/c23-20(24)21(19-11-5-2-6-12-19)13-16-22(17-14-21)15-7-10-18-8-3-1-4-9-18/h1-6,8-9,11-12H,7,10,13-17H2,(H,23,24). The van der Waals surface area contributed by atoms with Crippen LogP contribution in [-0.2, 0) is 16.6 Å². The zero-order valence-corrected chi connectivity index (χ0v) is 14.0. The van der Waals surface area contributed by atoms with E-state index in [9.17, 15) is 9.90 Å². The van der Waals surface area contributed by atoms with Crippen molar-refractivity contribution in [1.82, 2.24) is 4.90 Å². The van der Waals surface area contributed by atoms with E-state index in [1.54, 1.807) is 0 Å². The van der Waals surface area contributed by atoms with Gasteiger partial charge in [-0.05, 0) is 56.4 Å². The first kappa shape index (κ1) is 16.7. The summed E-state index contributed by atoms with van der Waals surface area (Å²) in [5.41, 5.74) is 1.61. The van der Waals surface area contributed by atoms with Gasteiger partial charge in [0.2, 0.25) is 0 Å². The molecule has 3 heteroatoms. The highest BCUT2D eigenvalue weighted by Gasteiger charge is 2.42. The SMILES string of the molecule is O=C(O)C1(c2ccccc2)CCN(CCCc2ccccc2)CC1. The molecule has 1 heterocycles. The molecule has 0 saturated carbocycles. The van der Waals surface area contributed by atoms with Crippen LogP contribution in [0.4, 0.5) is 0 Å². The van der Waals surface area contributed by atoms with E-state index in [1.165, 1.54) is 5.56 Å². The summed E-state index contributed by atoms with van der Waals surface area (Å²) < 4.78 is 0. The van der Waals surface area contributed by atoms with E-state index >= 15 is 0 Å². The van der Waals surface area contributed by atoms with Gasteiger partial charge in [0.25, 0.3) is 0 Å². The second-order valence-corrected chi connectivity index (χ2v) is 6.68. The molecule has 0 unspecified atom stereocenters. The van der Waals surface area contributed by atoms with Crippen molar-refractivity contribution in [2.45, 2.75) is 31.1 Å². The van der Waals surface area contributed by atoms with Crippen molar-refractivity contribution in [2.24, 2.45) is 0 Å². The van der Waals surface area contributed by atoms with E-state index in [4.69, 9.17) is 0 Å². The van der Waals surface area contributed by atoms with E-state index in [2.05, 4.69) is 29.2 Å². The number of rotatable bonds is 6. The highest BCUT2D eigenvalue weighted by atomic mass is 16.4. The molecule has 3 rings (SSSR count). The molecule has 1 aliphatic heterocycles. The molecule has 0 radical (unpaired) electrons. The summed E-state index contributed by atoms with van der Waals surface area (Å²) in [4.78, 5) is 14.4. The summed E-state index contributed by atoms with van der Waals surface area (Å²) in [6.45, 7) is 2.76. The van der Waals surface area contributed by atoms with Crippen molar-refractivity contribution in [1.29, 1.82) is 0 Å². The van der Waals surface area contributed by atoms with Crippen molar-refractivity contribution in [3.63, 3.8) is 0 Å². The molecule has 1 aliphatic rings. The van der Waals surface area contributed by atoms with E-state index in [1.807, 2.05) is 36.4 Å². The Kier molecular flexibility index (Phi) is 5.31. The third-order valence-corrected chi connectivity index (χ3v) is 5.23. The van der Waals surface area contributed by atoms with Gasteiger partial charge in [0.15, 0.2) is 0 Å². The Hall–Kier alpha value is -2.13. The second-order valence-electron chi connectivity index (χ2n) is 6.68. The van der Waals surface area contributed by atoms with Gasteiger partial charge in [-0.3, -0.25) is 4.79 Å². The van der Waals surface area contributed by atoms with Crippen LogP contribution in [0.25, 0.3) is 0 Å². The first-order valence-corrected chi connectivity index (χ1v) is 8.76. The molecule has 0 aromatic heterocycles. The molecule has 24 heavy (non-hydrogen) atoms. The summed E-state index contributed by atoms with van der Waals surface area (Å²) in [7, 11) is 0. The number of carbonyl (C=O) groups is 1. The van der Waals surface area contributed by atoms with Crippen molar-refractivity contribution < 1.29 is 9.90 Å². The van der Waals surface area contributed by atoms with Crippen LogP contribution < -0.4 is 0 Å². The molecular weight excluding hydrogens is 298 g/mol. The molecule has 0 bridgehead atoms. The summed E-state index contributed by atoms with van der Waals surface area (Å²) in [6, 6.07) is 20.3. The Labute approximate surface area is 143 Å². The lowest BCUT2D eigenvalue weighted by molar-refractivity contribution is -0.146. The van der Waals surface area contributed by atoms with Gasteiger partial charge in [-0.1, -0.05) is 60.7 Å². The van der Waals surface area contributed by atoms with Gasteiger partial charge in [0.1, 0.15) is 0 Å². The Bertz CT molecular complexity index is 646. The summed E-state index contributed by atoms with van der Waals surface area (Å²) >= 11 is 0. The highest BCUT2D eigenvalue weighted by molar-refractivity contribution is 5.81. The third-order valence-electron chi connectivity index (χ3n) is 5.23. The maximum atomic E-state index is 12.0. The first-order chi connectivity index (χ1) is 11.7. The van der Waals surface area contributed by atoms with Crippen LogP contribution in [0.15, 0.2) is 60.7 Å². The minimum absolute atomic E-state index is 0.683. The lowest BCUT2D eigenvalue weighted by atomic mass is 9.73. The fourth-order valence-electron chi connectivity index (χ4n) is 3.69. The molecule has 0 aliphatic carbocycles. The van der Waals surface area contributed by atoms with Crippen LogP contribution in [0.3, 0.4) is 0 Å². The number of piperidine rings is 1. The minimum Gasteiger partial charge on any atom is -0.481 e. The topological polar surface area (TPSA) is 40.5 Å². The fourth-order valence-corrected chi connectivity index (χ4v) is 3.69. The van der Waals surface area contributed by atoms with Gasteiger partial charge in [0, 0.05) is 0 Å². The molecule has 0 atom stereocenters. The number of carboxylic acid groups (broad SMARTS) is 1. The molecule has 1 N–H and O–H groups in total. The molecule has 0 spiro atoms. The van der Waals surface area contributed by atoms with Gasteiger partial charge in [-0.25, -0.2) is 0 Å². The van der Waals surface area contributed by atoms with Gasteiger partial charge in [-0.15, -0.1) is 0 Å². The zero-order chi connectivity index (χ0) is 16.8. The minimum atomic E-state index is -0.711. The fraction of sp³-hybridized carbons (Fsp3) is 0.381. The predicted molar refractivity (Wildman–Crippen MR) is 96.2 cm³/mol. The number of nitrogens with zero attached hydrogens (tertiary/aromatic N) is 1. The largest absolute Gasteiger partial charge is 0.481 e. The van der Waals surface area contributed by atoms with Crippen molar-refractivity contribution >= 4 is 5.97 Å². The summed E-state index contributed by atoms with van der Waals surface area (Å²) in [5, 5.41) is 9.83. The Morgan fingerprint density at radius 1 is 0.958 bits per heavy atom. The number of likely N-dealkylation sites (tertiary alicyclic amines) is 1. The lowest BCUT2D eigenvalue weighted by Gasteiger charge is -2.39. The van der Waals surface area contributed by atoms with Crippen LogP contribution in [0.1, 0.15) is 30.4 Å². The van der Waals surface area contributed by atoms with Gasteiger partial charge >= 0.3 is 5.97 Å². The Morgan fingerprint density at radius 3 is 2.12 bits per heavy atom. The van der Waals surface area contributed by atoms with Crippen LogP contribution in [0, 0.1) is 0 Å². The lowest BCUT2D eigenvalue weighted by Crippen LogP contribution is -2.47. The number of aryl methyl sites for hydroxylation is 1. The van der Waals surface area contributed by atoms with Gasteiger partial charge in [-0.2, -0.15) is 0 Å². The summed E-state index contributed by atoms with van der Waals surface area (Å²) in [6.07, 6.45) is 3.59. The summed E-state index contributed by atoms with van der Waals surface area (Å²) in [5.74, 6) is -0.683. The van der Waals surface area contributed by atoms with Crippen LogP contribution >= 0.6 is 0 Å². The Balaban J connectivity index is 1.55. The molecule has 0 amide bonds. The smallest absolute Gasteiger partial charge is 0.314 e. The molecule has 2 aromatic rings. The van der Waals surface area contributed by atoms with Gasteiger partial charge < -0.3 is 10.0 Å². The second kappa shape index (κ2) is 7.63. The van der Waals surface area contributed by atoms with E-state index in [0.29, 0.717) is 12.8 Å². The third kappa shape index (κ3) is 3.68. The normalized spacial score (nSPS) is 17.5. The average Bonchev–Trinajstić information content (AvgIpc) is 2.64. The van der Waals surface area contributed by atoms with Crippen molar-refractivity contribution in [2.75, 3.05) is 19.6 Å². The van der Waals surface area contributed by atoms with Gasteiger partial charge in [0.05, 0.1) is 5.41 Å². The quantitative estimate of drug-likeness (QED) is 0.880. The van der Waals surface area contributed by atoms with E-state index in [0.717, 1.165) is 38.0 Å². The molecule has 2 aromatic carbocycles. The van der Waals surface area contributed by atoms with Crippen molar-refractivity contribution in [3.05, 3.63) is 71.8 Å². The van der Waals surface area contributed by atoms with Crippen LogP contribution in [-0.4, -0.2) is 35.6 Å². The molecule has 3 nitrogen and oxygen atoms in total. The Morgan fingerprint density at radius 2 is 1.54 bits per heavy atom. The van der Waals surface area contributed by atoms with E-state index in [-0.39, 0.29) is 0 Å². The highest BCUT2D eigenvalue weighted by Crippen LogP contribution is 2.35. The van der Waals surface area contributed by atoms with Crippen LogP contribution in [0.2, 0.25) is 0 Å². The number of aliphatic carboxylic acids is 1. The number of hydrogen-bond acceptors (Lipinski definition) is 2. The number of benzene rings is 2. The molecule has 1 fully saturated rings.